The van der Waals surface area contributed by atoms with Gasteiger partial charge in [-0.1, -0.05) is 44.2 Å². The first kappa shape index (κ1) is 34.2. The van der Waals surface area contributed by atoms with Gasteiger partial charge >= 0.3 is 0 Å². The molecule has 2 aromatic rings. The van der Waals surface area contributed by atoms with E-state index < -0.39 is 22.9 Å². The lowest BCUT2D eigenvalue weighted by Crippen LogP contribution is -2.49. The number of nitrogens with zero attached hydrogens (tertiary/aromatic N) is 1. The van der Waals surface area contributed by atoms with Crippen LogP contribution in [0.25, 0.3) is 0 Å². The van der Waals surface area contributed by atoms with Gasteiger partial charge in [0.15, 0.2) is 0 Å². The molecule has 1 unspecified atom stereocenters. The second-order valence-electron chi connectivity index (χ2n) is 11.1. The number of aliphatic hydroxyl groups excluding tert-OH is 1. The molecule has 40 heavy (non-hydrogen) atoms. The number of carbonyl (C=O) groups is 1. The van der Waals surface area contributed by atoms with Crippen LogP contribution in [-0.2, 0) is 6.42 Å². The Balaban J connectivity index is 0.00000560. The summed E-state index contributed by atoms with van der Waals surface area (Å²) in [5.74, 6) is 0.645. The second kappa shape index (κ2) is 16.4. The largest absolute Gasteiger partial charge is 0.390 e. The number of anilines is 2. The summed E-state index contributed by atoms with van der Waals surface area (Å²) < 4.78 is 23.0. The molecule has 0 spiro atoms. The number of carbonyl (C=O) groups excluding carboxylic acids is 1. The molecule has 1 aliphatic rings. The van der Waals surface area contributed by atoms with Crippen molar-refractivity contribution >= 4 is 40.5 Å². The van der Waals surface area contributed by atoms with Gasteiger partial charge in [0.05, 0.1) is 23.6 Å². The molecule has 0 aromatic heterocycles. The highest BCUT2D eigenvalue weighted by molar-refractivity contribution is 8.25. The lowest BCUT2D eigenvalue weighted by atomic mass is 9.99. The molecular weight excluding hydrogens is 548 g/mol. The van der Waals surface area contributed by atoms with Crippen LogP contribution in [0.4, 0.5) is 11.4 Å². The van der Waals surface area contributed by atoms with E-state index in [9.17, 15) is 19.0 Å². The number of rotatable bonds is 14. The average molecular weight is 597 g/mol. The van der Waals surface area contributed by atoms with Gasteiger partial charge in [-0.25, -0.2) is 0 Å². The van der Waals surface area contributed by atoms with E-state index in [1.807, 2.05) is 43.3 Å². The summed E-state index contributed by atoms with van der Waals surface area (Å²) in [4.78, 5) is 13.6. The summed E-state index contributed by atoms with van der Waals surface area (Å²) in [6, 6.07) is 15.0. The third-order valence-corrected chi connectivity index (χ3v) is 9.10. The van der Waals surface area contributed by atoms with Crippen LogP contribution in [0.3, 0.4) is 0 Å². The molecule has 8 nitrogen and oxygen atoms in total. The van der Waals surface area contributed by atoms with Crippen molar-refractivity contribution in [3.8, 4) is 0 Å². The Labute approximate surface area is 248 Å². The van der Waals surface area contributed by atoms with Gasteiger partial charge < -0.3 is 21.1 Å². The number of benzene rings is 2. The minimum atomic E-state index is -2.93. The molecule has 0 bridgehead atoms. The quantitative estimate of drug-likeness (QED) is 0.160. The van der Waals surface area contributed by atoms with Crippen molar-refractivity contribution in [1.82, 2.24) is 10.6 Å². The Hall–Kier alpha value is -2.01. The Kier molecular flexibility index (Phi) is 14.1. The number of aliphatic hydroxyl groups is 1. The fourth-order valence-electron chi connectivity index (χ4n) is 4.85. The van der Waals surface area contributed by atoms with Gasteiger partial charge in [0.25, 0.3) is 5.91 Å². The van der Waals surface area contributed by atoms with E-state index >= 15 is 0 Å². The molecular formula is C30H49ClN4O4S. The van der Waals surface area contributed by atoms with Gasteiger partial charge in [-0.15, -0.1) is 23.2 Å². The number of nitrogens with one attached hydrogen (secondary N) is 3. The zero-order chi connectivity index (χ0) is 28.4. The molecule has 6 N–H and O–H groups in total. The van der Waals surface area contributed by atoms with E-state index in [0.29, 0.717) is 49.0 Å². The molecule has 226 valence electrons. The highest BCUT2D eigenvalue weighted by Crippen LogP contribution is 2.50. The van der Waals surface area contributed by atoms with Crippen molar-refractivity contribution < 1.29 is 19.0 Å². The average Bonchev–Trinajstić information content (AvgIpc) is 2.90. The molecule has 1 saturated heterocycles. The summed E-state index contributed by atoms with van der Waals surface area (Å²) in [7, 11) is -2.93. The summed E-state index contributed by atoms with van der Waals surface area (Å²) in [6.07, 6.45) is 3.46. The van der Waals surface area contributed by atoms with Gasteiger partial charge in [0, 0.05) is 36.9 Å². The predicted molar refractivity (Wildman–Crippen MR) is 171 cm³/mol. The van der Waals surface area contributed by atoms with Crippen LogP contribution >= 0.6 is 23.2 Å². The molecule has 0 radical (unpaired) electrons. The zero-order valence-electron chi connectivity index (χ0n) is 24.3. The molecule has 1 aliphatic heterocycles. The Bertz CT molecular complexity index is 1040. The summed E-state index contributed by atoms with van der Waals surface area (Å²) >= 11 is 0. The van der Waals surface area contributed by atoms with E-state index in [1.165, 1.54) is 0 Å². The third-order valence-electron chi connectivity index (χ3n) is 7.16. The van der Waals surface area contributed by atoms with Crippen molar-refractivity contribution in [2.75, 3.05) is 35.0 Å². The minimum Gasteiger partial charge on any atom is -0.390 e. The first-order chi connectivity index (χ1) is 18.6. The van der Waals surface area contributed by atoms with E-state index in [-0.39, 0.29) is 24.4 Å². The predicted octanol–water partition coefficient (Wildman–Crippen LogP) is 5.92. The first-order valence-electron chi connectivity index (χ1n) is 14.3. The zero-order valence-corrected chi connectivity index (χ0v) is 25.9. The Morgan fingerprint density at radius 2 is 1.77 bits per heavy atom. The van der Waals surface area contributed by atoms with Crippen molar-refractivity contribution in [2.24, 2.45) is 5.92 Å². The lowest BCUT2D eigenvalue weighted by Gasteiger charge is -2.47. The molecule has 2 aromatic carbocycles. The molecule has 3 rings (SSSR count). The summed E-state index contributed by atoms with van der Waals surface area (Å²) in [5, 5.41) is 21.0. The van der Waals surface area contributed by atoms with Crippen LogP contribution in [0.5, 0.6) is 0 Å². The Morgan fingerprint density at radius 3 is 2.42 bits per heavy atom. The van der Waals surface area contributed by atoms with Crippen LogP contribution in [-0.4, -0.2) is 63.7 Å². The second-order valence-corrected chi connectivity index (χ2v) is 13.2. The SMILES string of the molecule is CCNc1cc(C(=O)N[C@@H](Cc2ccccc2)[C@H](O)CNC(C)CCC(C)C)cc(N2CCCCS2(O)O)c1.Cl. The highest BCUT2D eigenvalue weighted by atomic mass is 35.5. The van der Waals surface area contributed by atoms with E-state index in [2.05, 4.69) is 36.7 Å². The molecule has 3 atom stereocenters. The lowest BCUT2D eigenvalue weighted by molar-refractivity contribution is 0.0825. The maximum atomic E-state index is 13.6. The van der Waals surface area contributed by atoms with E-state index in [0.717, 1.165) is 36.9 Å². The molecule has 1 amide bonds. The Morgan fingerprint density at radius 1 is 1.05 bits per heavy atom. The van der Waals surface area contributed by atoms with Crippen LogP contribution in [0, 0.1) is 5.92 Å². The maximum Gasteiger partial charge on any atom is 0.251 e. The molecule has 1 heterocycles. The van der Waals surface area contributed by atoms with Gasteiger partial charge in [0.2, 0.25) is 0 Å². The van der Waals surface area contributed by atoms with Crippen LogP contribution in [0.2, 0.25) is 0 Å². The fraction of sp³-hybridized carbons (Fsp3) is 0.567. The summed E-state index contributed by atoms with van der Waals surface area (Å²) in [5.41, 5.74) is 2.78. The van der Waals surface area contributed by atoms with Gasteiger partial charge in [0.1, 0.15) is 0 Å². The van der Waals surface area contributed by atoms with Crippen LogP contribution in [0.15, 0.2) is 48.5 Å². The highest BCUT2D eigenvalue weighted by Gasteiger charge is 2.28. The fourth-order valence-corrected chi connectivity index (χ4v) is 6.53. The molecule has 0 aliphatic carbocycles. The van der Waals surface area contributed by atoms with Gasteiger partial charge in [-0.3, -0.25) is 18.2 Å². The number of hydrogen-bond donors (Lipinski definition) is 6. The number of amides is 1. The van der Waals surface area contributed by atoms with Crippen LogP contribution < -0.4 is 20.3 Å². The van der Waals surface area contributed by atoms with E-state index in [4.69, 9.17) is 0 Å². The maximum absolute atomic E-state index is 13.6. The molecule has 10 heteroatoms. The van der Waals surface area contributed by atoms with Gasteiger partial charge in [-0.05, 0) is 75.6 Å². The minimum absolute atomic E-state index is 0. The first-order valence-corrected chi connectivity index (χ1v) is 15.9. The van der Waals surface area contributed by atoms with Gasteiger partial charge in [-0.2, -0.15) is 0 Å². The number of halogens is 1. The smallest absolute Gasteiger partial charge is 0.251 e. The molecule has 0 saturated carbocycles. The van der Waals surface area contributed by atoms with E-state index in [1.54, 1.807) is 16.4 Å². The van der Waals surface area contributed by atoms with Crippen molar-refractivity contribution in [3.05, 3.63) is 59.7 Å². The summed E-state index contributed by atoms with van der Waals surface area (Å²) in [6.45, 7) is 10.1. The third kappa shape index (κ3) is 10.4. The monoisotopic (exact) mass is 596 g/mol. The normalized spacial score (nSPS) is 17.9. The van der Waals surface area contributed by atoms with Crippen LogP contribution in [0.1, 0.15) is 69.3 Å². The standard InChI is InChI=1S/C30H48N4O4S.ClH/c1-5-31-26-18-25(19-27(20-26)34-15-9-10-16-39(34,37)38)30(36)33-28(17-24-11-7-6-8-12-24)29(35)21-32-23(4)14-13-22(2)3;/h6-8,11-12,18-20,22-23,28-29,31-32,35,37-38H,5,9-10,13-17,21H2,1-4H3,(H,33,36);1H/t23?,28-,29+;/m0./s1. The molecule has 1 fully saturated rings. The topological polar surface area (TPSA) is 117 Å². The van der Waals surface area contributed by atoms with Crippen molar-refractivity contribution in [1.29, 1.82) is 0 Å². The van der Waals surface area contributed by atoms with Crippen molar-refractivity contribution in [2.45, 2.75) is 78.0 Å². The van der Waals surface area contributed by atoms with Crippen molar-refractivity contribution in [3.63, 3.8) is 0 Å². The number of hydrogen-bond acceptors (Lipinski definition) is 7.